The number of carbonyl (C=O) groups excluding carboxylic acids is 2. The third-order valence-corrected chi connectivity index (χ3v) is 5.19. The molecule has 0 radical (unpaired) electrons. The van der Waals surface area contributed by atoms with Crippen molar-refractivity contribution in [1.82, 2.24) is 15.4 Å². The maximum atomic E-state index is 12.3. The molecule has 2 amide bonds. The number of nitrogens with one attached hydrogen (secondary N) is 2. The zero-order chi connectivity index (χ0) is 23.0. The van der Waals surface area contributed by atoms with Crippen LogP contribution < -0.4 is 10.8 Å². The number of anilines is 1. The molecule has 2 aromatic heterocycles. The lowest BCUT2D eigenvalue weighted by atomic mass is 10.1. The van der Waals surface area contributed by atoms with Crippen molar-refractivity contribution in [2.24, 2.45) is 0 Å². The van der Waals surface area contributed by atoms with E-state index in [9.17, 15) is 9.59 Å². The summed E-state index contributed by atoms with van der Waals surface area (Å²) in [5, 5.41) is 11.6. The quantitative estimate of drug-likeness (QED) is 0.318. The molecular weight excluding hydrogens is 420 g/mol. The summed E-state index contributed by atoms with van der Waals surface area (Å²) in [6.07, 6.45) is 6.41. The lowest BCUT2D eigenvalue weighted by Gasteiger charge is -2.13. The molecule has 8 heteroatoms. The Bertz CT molecular complexity index is 1190. The zero-order valence-corrected chi connectivity index (χ0v) is 17.7. The maximum absolute atomic E-state index is 12.3. The van der Waals surface area contributed by atoms with Gasteiger partial charge in [0.25, 0.3) is 5.91 Å². The Labute approximate surface area is 191 Å². The smallest absolute Gasteiger partial charge is 0.413 e. The number of hydroxylamine groups is 1. The van der Waals surface area contributed by atoms with Crippen molar-refractivity contribution in [2.45, 2.75) is 31.8 Å². The van der Waals surface area contributed by atoms with E-state index in [-0.39, 0.29) is 17.5 Å². The fraction of sp³-hybridized carbons (Fsp3) is 0.200. The molecule has 2 heterocycles. The van der Waals surface area contributed by atoms with Crippen molar-refractivity contribution in [3.63, 3.8) is 0 Å². The Morgan fingerprint density at radius 1 is 1.03 bits per heavy atom. The topological polar surface area (TPSA) is 113 Å². The van der Waals surface area contributed by atoms with Gasteiger partial charge in [-0.3, -0.25) is 20.3 Å². The van der Waals surface area contributed by atoms with Gasteiger partial charge in [0, 0.05) is 34.6 Å². The molecule has 0 spiro atoms. The number of benzene rings is 1. The van der Waals surface area contributed by atoms with Crippen LogP contribution in [-0.2, 0) is 4.74 Å². The molecule has 33 heavy (non-hydrogen) atoms. The predicted molar refractivity (Wildman–Crippen MR) is 122 cm³/mol. The van der Waals surface area contributed by atoms with Crippen LogP contribution in [0.5, 0.6) is 0 Å². The van der Waals surface area contributed by atoms with Gasteiger partial charge in [0.15, 0.2) is 0 Å². The first-order valence-electron chi connectivity index (χ1n) is 10.6. The molecule has 0 saturated heterocycles. The summed E-state index contributed by atoms with van der Waals surface area (Å²) in [6, 6.07) is 13.9. The summed E-state index contributed by atoms with van der Waals surface area (Å²) in [5.74, 6) is 5.54. The first-order chi connectivity index (χ1) is 16.1. The molecule has 1 saturated carbocycles. The number of ether oxygens (including phenoxy) is 1. The van der Waals surface area contributed by atoms with Gasteiger partial charge in [0.1, 0.15) is 11.9 Å². The van der Waals surface area contributed by atoms with Crippen LogP contribution >= 0.6 is 0 Å². The van der Waals surface area contributed by atoms with Crippen LogP contribution in [0.4, 0.5) is 10.6 Å². The third kappa shape index (κ3) is 5.93. The number of carbonyl (C=O) groups is 2. The highest BCUT2D eigenvalue weighted by molar-refractivity contribution is 5.96. The van der Waals surface area contributed by atoms with Crippen LogP contribution in [0.3, 0.4) is 0 Å². The van der Waals surface area contributed by atoms with E-state index in [2.05, 4.69) is 27.1 Å². The summed E-state index contributed by atoms with van der Waals surface area (Å²) in [6.45, 7) is 0. The van der Waals surface area contributed by atoms with Crippen molar-refractivity contribution < 1.29 is 19.5 Å². The van der Waals surface area contributed by atoms with E-state index in [4.69, 9.17) is 9.94 Å². The van der Waals surface area contributed by atoms with E-state index in [1.807, 2.05) is 36.4 Å². The summed E-state index contributed by atoms with van der Waals surface area (Å²) < 4.78 is 5.41. The van der Waals surface area contributed by atoms with Gasteiger partial charge in [-0.2, -0.15) is 0 Å². The second-order valence-corrected chi connectivity index (χ2v) is 7.57. The van der Waals surface area contributed by atoms with Crippen molar-refractivity contribution in [3.05, 3.63) is 77.6 Å². The highest BCUT2D eigenvalue weighted by atomic mass is 16.6. The molecule has 1 aliphatic rings. The maximum Gasteiger partial charge on any atom is 0.413 e. The van der Waals surface area contributed by atoms with Gasteiger partial charge in [-0.25, -0.2) is 15.3 Å². The molecule has 4 rings (SSSR count). The second-order valence-electron chi connectivity index (χ2n) is 7.57. The Morgan fingerprint density at radius 2 is 1.79 bits per heavy atom. The SMILES string of the molecule is O=C(Nc1cc(C(=O)NO)cc(-c2ccc(C#Cc3cccnc3)cc2)n1)OC1CCCC1. The number of hydrogen-bond donors (Lipinski definition) is 3. The summed E-state index contributed by atoms with van der Waals surface area (Å²) in [4.78, 5) is 32.8. The Balaban J connectivity index is 1.55. The van der Waals surface area contributed by atoms with Crippen LogP contribution in [0.1, 0.15) is 47.2 Å². The molecule has 3 aromatic rings. The minimum atomic E-state index is -0.718. The van der Waals surface area contributed by atoms with Crippen LogP contribution in [0, 0.1) is 11.8 Å². The molecule has 166 valence electrons. The summed E-state index contributed by atoms with van der Waals surface area (Å²) in [5.41, 5.74) is 4.51. The Kier molecular flexibility index (Phi) is 6.93. The van der Waals surface area contributed by atoms with Crippen molar-refractivity contribution in [2.75, 3.05) is 5.32 Å². The van der Waals surface area contributed by atoms with E-state index in [1.54, 1.807) is 17.9 Å². The number of hydrogen-bond acceptors (Lipinski definition) is 6. The van der Waals surface area contributed by atoms with Crippen molar-refractivity contribution >= 4 is 17.8 Å². The van der Waals surface area contributed by atoms with Crippen molar-refractivity contribution in [3.8, 4) is 23.1 Å². The fourth-order valence-corrected chi connectivity index (χ4v) is 3.54. The van der Waals surface area contributed by atoms with Gasteiger partial charge in [0.2, 0.25) is 0 Å². The minimum absolute atomic E-state index is 0.103. The molecule has 0 aliphatic heterocycles. The number of rotatable bonds is 4. The largest absolute Gasteiger partial charge is 0.446 e. The van der Waals surface area contributed by atoms with E-state index in [1.165, 1.54) is 12.1 Å². The normalized spacial score (nSPS) is 13.0. The highest BCUT2D eigenvalue weighted by Crippen LogP contribution is 2.24. The average Bonchev–Trinajstić information content (AvgIpc) is 3.36. The third-order valence-electron chi connectivity index (χ3n) is 5.19. The predicted octanol–water partition coefficient (Wildman–Crippen LogP) is 4.15. The standard InChI is InChI=1S/C25H22N4O4/c30-24(29-32)20-14-22(27-23(15-20)28-25(31)33-21-5-1-2-6-21)19-11-9-17(10-12-19)7-8-18-4-3-13-26-16-18/h3-4,9-16,21,32H,1-2,5-6H2,(H,29,30)(H,27,28,31). The molecule has 1 fully saturated rings. The van der Waals surface area contributed by atoms with Gasteiger partial charge in [0.05, 0.1) is 5.69 Å². The van der Waals surface area contributed by atoms with Gasteiger partial charge in [-0.15, -0.1) is 0 Å². The average molecular weight is 442 g/mol. The van der Waals surface area contributed by atoms with E-state index >= 15 is 0 Å². The number of aromatic nitrogens is 2. The van der Waals surface area contributed by atoms with Crippen LogP contribution in [0.15, 0.2) is 60.9 Å². The number of nitrogens with zero attached hydrogens (tertiary/aromatic N) is 2. The van der Waals surface area contributed by atoms with E-state index in [0.717, 1.165) is 36.8 Å². The number of amides is 2. The molecular formula is C25H22N4O4. The fourth-order valence-electron chi connectivity index (χ4n) is 3.54. The van der Waals surface area contributed by atoms with Gasteiger partial charge in [-0.05, 0) is 62.1 Å². The second kappa shape index (κ2) is 10.4. The molecule has 3 N–H and O–H groups in total. The van der Waals surface area contributed by atoms with Crippen LogP contribution in [0.25, 0.3) is 11.3 Å². The molecule has 1 aliphatic carbocycles. The Morgan fingerprint density at radius 3 is 2.48 bits per heavy atom. The summed E-state index contributed by atoms with van der Waals surface area (Å²) in [7, 11) is 0. The first kappa shape index (κ1) is 22.0. The van der Waals surface area contributed by atoms with Crippen LogP contribution in [0.2, 0.25) is 0 Å². The monoisotopic (exact) mass is 442 g/mol. The molecule has 0 bridgehead atoms. The molecule has 1 aromatic carbocycles. The molecule has 0 atom stereocenters. The summed E-state index contributed by atoms with van der Waals surface area (Å²) >= 11 is 0. The zero-order valence-electron chi connectivity index (χ0n) is 17.7. The lowest BCUT2D eigenvalue weighted by Crippen LogP contribution is -2.22. The van der Waals surface area contributed by atoms with Gasteiger partial charge < -0.3 is 4.74 Å². The highest BCUT2D eigenvalue weighted by Gasteiger charge is 2.20. The molecule has 8 nitrogen and oxygen atoms in total. The van der Waals surface area contributed by atoms with Crippen LogP contribution in [-0.4, -0.2) is 33.3 Å². The Hall–Kier alpha value is -4.22. The van der Waals surface area contributed by atoms with Crippen molar-refractivity contribution in [1.29, 1.82) is 0 Å². The minimum Gasteiger partial charge on any atom is -0.446 e. The molecule has 0 unspecified atom stereocenters. The van der Waals surface area contributed by atoms with Gasteiger partial charge >= 0.3 is 6.09 Å². The van der Waals surface area contributed by atoms with E-state index < -0.39 is 12.0 Å². The lowest BCUT2D eigenvalue weighted by molar-refractivity contribution is 0.0706. The number of pyridine rings is 2. The van der Waals surface area contributed by atoms with Gasteiger partial charge in [-0.1, -0.05) is 24.0 Å². The first-order valence-corrected chi connectivity index (χ1v) is 10.6. The van der Waals surface area contributed by atoms with E-state index in [0.29, 0.717) is 11.3 Å².